The number of rotatable bonds is 6. The van der Waals surface area contributed by atoms with Crippen LogP contribution in [-0.4, -0.2) is 27.6 Å². The van der Waals surface area contributed by atoms with Crippen LogP contribution in [0.1, 0.15) is 31.4 Å². The van der Waals surface area contributed by atoms with Crippen molar-refractivity contribution in [3.05, 3.63) is 11.9 Å². The Bertz CT molecular complexity index is 373. The highest BCUT2D eigenvalue weighted by Crippen LogP contribution is 2.29. The van der Waals surface area contributed by atoms with E-state index >= 15 is 0 Å². The molecule has 2 N–H and O–H groups in total. The molecule has 1 aliphatic carbocycles. The monoisotopic (exact) mass is 238 g/mol. The number of nitrogens with zero attached hydrogens (tertiary/aromatic N) is 3. The van der Waals surface area contributed by atoms with E-state index in [0.717, 1.165) is 12.3 Å². The number of aromatic nitrogens is 3. The van der Waals surface area contributed by atoms with E-state index in [-0.39, 0.29) is 12.5 Å². The topological polar surface area (TPSA) is 83.0 Å². The SMILES string of the molecule is NCc1cn(CC(=O)OCCC2CCC2)nn1. The predicted molar refractivity (Wildman–Crippen MR) is 60.8 cm³/mol. The van der Waals surface area contributed by atoms with E-state index in [1.165, 1.54) is 23.9 Å². The smallest absolute Gasteiger partial charge is 0.327 e. The van der Waals surface area contributed by atoms with Crippen LogP contribution in [0.3, 0.4) is 0 Å². The van der Waals surface area contributed by atoms with E-state index in [2.05, 4.69) is 10.3 Å². The molecule has 1 aromatic heterocycles. The van der Waals surface area contributed by atoms with Gasteiger partial charge in [-0.2, -0.15) is 0 Å². The standard InChI is InChI=1S/C11H18N4O2/c12-6-10-7-15(14-13-10)8-11(16)17-5-4-9-2-1-3-9/h7,9H,1-6,8,12H2. The van der Waals surface area contributed by atoms with Gasteiger partial charge in [-0.1, -0.05) is 24.5 Å². The number of esters is 1. The Morgan fingerprint density at radius 2 is 2.41 bits per heavy atom. The summed E-state index contributed by atoms with van der Waals surface area (Å²) in [4.78, 5) is 11.5. The summed E-state index contributed by atoms with van der Waals surface area (Å²) in [6.45, 7) is 0.955. The summed E-state index contributed by atoms with van der Waals surface area (Å²) in [7, 11) is 0. The Hall–Kier alpha value is -1.43. The van der Waals surface area contributed by atoms with Gasteiger partial charge in [-0.15, -0.1) is 5.10 Å². The van der Waals surface area contributed by atoms with E-state index < -0.39 is 0 Å². The molecule has 1 aliphatic rings. The van der Waals surface area contributed by atoms with Crippen molar-refractivity contribution in [2.75, 3.05) is 6.61 Å². The maximum Gasteiger partial charge on any atom is 0.327 e. The van der Waals surface area contributed by atoms with Crippen LogP contribution in [-0.2, 0) is 22.6 Å². The van der Waals surface area contributed by atoms with E-state index in [0.29, 0.717) is 18.8 Å². The summed E-state index contributed by atoms with van der Waals surface area (Å²) in [6, 6.07) is 0. The molecule has 94 valence electrons. The van der Waals surface area contributed by atoms with E-state index in [9.17, 15) is 4.79 Å². The zero-order valence-corrected chi connectivity index (χ0v) is 9.84. The molecule has 0 radical (unpaired) electrons. The van der Waals surface area contributed by atoms with Gasteiger partial charge < -0.3 is 10.5 Å². The molecule has 2 rings (SSSR count). The third kappa shape index (κ3) is 3.52. The van der Waals surface area contributed by atoms with Gasteiger partial charge in [0.2, 0.25) is 0 Å². The van der Waals surface area contributed by atoms with Crippen molar-refractivity contribution in [1.29, 1.82) is 0 Å². The second-order valence-corrected chi connectivity index (χ2v) is 4.42. The average molecular weight is 238 g/mol. The molecule has 0 atom stereocenters. The lowest BCUT2D eigenvalue weighted by molar-refractivity contribution is -0.145. The van der Waals surface area contributed by atoms with Crippen LogP contribution >= 0.6 is 0 Å². The van der Waals surface area contributed by atoms with Crippen LogP contribution in [0.4, 0.5) is 0 Å². The minimum absolute atomic E-state index is 0.109. The lowest BCUT2D eigenvalue weighted by atomic mass is 9.83. The zero-order chi connectivity index (χ0) is 12.1. The number of ether oxygens (including phenoxy) is 1. The Kier molecular flexibility index (Phi) is 4.08. The molecule has 0 aliphatic heterocycles. The van der Waals surface area contributed by atoms with E-state index in [4.69, 9.17) is 10.5 Å². The summed E-state index contributed by atoms with van der Waals surface area (Å²) in [5.74, 6) is 0.496. The van der Waals surface area contributed by atoms with Crippen LogP contribution in [0, 0.1) is 5.92 Å². The molecule has 0 aromatic carbocycles. The molecule has 1 saturated carbocycles. The first-order valence-corrected chi connectivity index (χ1v) is 6.02. The average Bonchev–Trinajstić information content (AvgIpc) is 2.69. The van der Waals surface area contributed by atoms with Gasteiger partial charge in [-0.05, 0) is 12.3 Å². The number of carbonyl (C=O) groups excluding carboxylic acids is 1. The van der Waals surface area contributed by atoms with Gasteiger partial charge in [0.1, 0.15) is 6.54 Å². The molecule has 0 saturated heterocycles. The first-order chi connectivity index (χ1) is 8.28. The van der Waals surface area contributed by atoms with Gasteiger partial charge in [0.15, 0.2) is 0 Å². The zero-order valence-electron chi connectivity index (χ0n) is 9.84. The molecule has 0 unspecified atom stereocenters. The van der Waals surface area contributed by atoms with Crippen molar-refractivity contribution in [1.82, 2.24) is 15.0 Å². The van der Waals surface area contributed by atoms with Gasteiger partial charge in [0.25, 0.3) is 0 Å². The third-order valence-corrected chi connectivity index (χ3v) is 3.10. The third-order valence-electron chi connectivity index (χ3n) is 3.10. The van der Waals surface area contributed by atoms with Crippen molar-refractivity contribution in [3.8, 4) is 0 Å². The number of hydrogen-bond donors (Lipinski definition) is 1. The molecule has 0 amide bonds. The quantitative estimate of drug-likeness (QED) is 0.728. The first-order valence-electron chi connectivity index (χ1n) is 6.02. The van der Waals surface area contributed by atoms with E-state index in [1.54, 1.807) is 6.20 Å². The summed E-state index contributed by atoms with van der Waals surface area (Å²) >= 11 is 0. The van der Waals surface area contributed by atoms with Gasteiger partial charge in [0, 0.05) is 6.54 Å². The molecular weight excluding hydrogens is 220 g/mol. The van der Waals surface area contributed by atoms with Crippen molar-refractivity contribution < 1.29 is 9.53 Å². The van der Waals surface area contributed by atoms with Crippen LogP contribution in [0.5, 0.6) is 0 Å². The lowest BCUT2D eigenvalue weighted by Crippen LogP contribution is -2.18. The summed E-state index contributed by atoms with van der Waals surface area (Å²) < 4.78 is 6.59. The largest absolute Gasteiger partial charge is 0.464 e. The lowest BCUT2D eigenvalue weighted by Gasteiger charge is -2.24. The Morgan fingerprint density at radius 3 is 3.00 bits per heavy atom. The Morgan fingerprint density at radius 1 is 1.59 bits per heavy atom. The van der Waals surface area contributed by atoms with Gasteiger partial charge in [-0.25, -0.2) is 4.68 Å². The molecule has 0 spiro atoms. The molecule has 1 aromatic rings. The maximum absolute atomic E-state index is 11.5. The van der Waals surface area contributed by atoms with Gasteiger partial charge in [-0.3, -0.25) is 4.79 Å². The molecule has 17 heavy (non-hydrogen) atoms. The van der Waals surface area contributed by atoms with Crippen molar-refractivity contribution in [2.45, 2.75) is 38.8 Å². The van der Waals surface area contributed by atoms with Gasteiger partial charge >= 0.3 is 5.97 Å². The summed E-state index contributed by atoms with van der Waals surface area (Å²) in [6.07, 6.45) is 6.52. The summed E-state index contributed by atoms with van der Waals surface area (Å²) in [5.41, 5.74) is 6.07. The minimum Gasteiger partial charge on any atom is -0.464 e. The molecular formula is C11H18N4O2. The van der Waals surface area contributed by atoms with Crippen LogP contribution in [0.25, 0.3) is 0 Å². The highest BCUT2D eigenvalue weighted by Gasteiger charge is 2.17. The molecule has 1 heterocycles. The van der Waals surface area contributed by atoms with Crippen LogP contribution < -0.4 is 5.73 Å². The number of nitrogens with two attached hydrogens (primary N) is 1. The normalized spacial score (nSPS) is 15.6. The highest BCUT2D eigenvalue weighted by molar-refractivity contribution is 5.68. The first kappa shape index (κ1) is 12.0. The Labute approximate surface area is 100 Å². The minimum atomic E-state index is -0.266. The summed E-state index contributed by atoms with van der Waals surface area (Å²) in [5, 5.41) is 7.58. The molecule has 6 heteroatoms. The van der Waals surface area contributed by atoms with Crippen molar-refractivity contribution in [2.24, 2.45) is 11.7 Å². The maximum atomic E-state index is 11.5. The molecule has 0 bridgehead atoms. The van der Waals surface area contributed by atoms with Crippen LogP contribution in [0.15, 0.2) is 6.20 Å². The van der Waals surface area contributed by atoms with E-state index in [1.807, 2.05) is 0 Å². The molecule has 6 nitrogen and oxygen atoms in total. The second kappa shape index (κ2) is 5.77. The van der Waals surface area contributed by atoms with Crippen LogP contribution in [0.2, 0.25) is 0 Å². The fourth-order valence-electron chi connectivity index (χ4n) is 1.81. The fourth-order valence-corrected chi connectivity index (χ4v) is 1.81. The second-order valence-electron chi connectivity index (χ2n) is 4.42. The number of carbonyl (C=O) groups is 1. The van der Waals surface area contributed by atoms with Gasteiger partial charge in [0.05, 0.1) is 18.5 Å². The molecule has 1 fully saturated rings. The Balaban J connectivity index is 1.65. The number of hydrogen-bond acceptors (Lipinski definition) is 5. The highest BCUT2D eigenvalue weighted by atomic mass is 16.5. The van der Waals surface area contributed by atoms with Crippen molar-refractivity contribution in [3.63, 3.8) is 0 Å². The predicted octanol–water partition coefficient (Wildman–Crippen LogP) is 0.470. The van der Waals surface area contributed by atoms with Crippen molar-refractivity contribution >= 4 is 5.97 Å². The fraction of sp³-hybridized carbons (Fsp3) is 0.727.